The van der Waals surface area contributed by atoms with Gasteiger partial charge in [-0.1, -0.05) is 19.1 Å². The first kappa shape index (κ1) is 18.1. The van der Waals surface area contributed by atoms with Crippen LogP contribution in [0, 0.1) is 12.8 Å². The van der Waals surface area contributed by atoms with E-state index >= 15 is 0 Å². The molecular formula is C18H22N2O3S. The highest BCUT2D eigenvalue weighted by molar-refractivity contribution is 7.09. The van der Waals surface area contributed by atoms with Crippen molar-refractivity contribution >= 4 is 28.9 Å². The standard InChI is InChI=1S/C18H22N2O3S/c1-12(18(22)23)10-14-6-8-15(9-7-14)20-17(21)5-3-4-16-11-24-13(2)19-16/h6-9,11-12H,3-5,10H2,1-2H3,(H,20,21)(H,22,23). The van der Waals surface area contributed by atoms with Crippen LogP contribution in [0.3, 0.4) is 0 Å². The Balaban J connectivity index is 1.76. The molecule has 0 saturated carbocycles. The van der Waals surface area contributed by atoms with Crippen LogP contribution < -0.4 is 5.32 Å². The fourth-order valence-electron chi connectivity index (χ4n) is 2.34. The monoisotopic (exact) mass is 346 g/mol. The summed E-state index contributed by atoms with van der Waals surface area (Å²) < 4.78 is 0. The van der Waals surface area contributed by atoms with E-state index in [0.29, 0.717) is 12.8 Å². The maximum atomic E-state index is 12.0. The molecule has 6 heteroatoms. The van der Waals surface area contributed by atoms with Crippen LogP contribution in [0.15, 0.2) is 29.6 Å². The van der Waals surface area contributed by atoms with Crippen LogP contribution in [0.1, 0.15) is 36.0 Å². The molecule has 1 amide bonds. The number of anilines is 1. The predicted octanol–water partition coefficient (Wildman–Crippen LogP) is 3.68. The van der Waals surface area contributed by atoms with Crippen molar-refractivity contribution in [1.29, 1.82) is 0 Å². The SMILES string of the molecule is Cc1nc(CCCC(=O)Nc2ccc(CC(C)C(=O)O)cc2)cs1. The zero-order chi connectivity index (χ0) is 17.5. The van der Waals surface area contributed by atoms with Crippen LogP contribution in [0.25, 0.3) is 0 Å². The second kappa shape index (κ2) is 8.59. The number of aliphatic carboxylic acids is 1. The minimum atomic E-state index is -0.803. The lowest BCUT2D eigenvalue weighted by atomic mass is 10.0. The van der Waals surface area contributed by atoms with Crippen molar-refractivity contribution in [3.05, 3.63) is 45.9 Å². The van der Waals surface area contributed by atoms with Gasteiger partial charge in [0.05, 0.1) is 16.6 Å². The molecule has 0 aliphatic carbocycles. The Kier molecular flexibility index (Phi) is 6.49. The summed E-state index contributed by atoms with van der Waals surface area (Å²) in [5, 5.41) is 14.9. The Hall–Kier alpha value is -2.21. The molecule has 1 aromatic carbocycles. The quantitative estimate of drug-likeness (QED) is 0.764. The molecule has 1 unspecified atom stereocenters. The number of hydrogen-bond acceptors (Lipinski definition) is 4. The number of aryl methyl sites for hydroxylation is 2. The van der Waals surface area contributed by atoms with Crippen LogP contribution >= 0.6 is 11.3 Å². The number of carboxylic acid groups (broad SMARTS) is 1. The van der Waals surface area contributed by atoms with Gasteiger partial charge in [0, 0.05) is 17.5 Å². The number of carbonyl (C=O) groups excluding carboxylic acids is 1. The molecular weight excluding hydrogens is 324 g/mol. The highest BCUT2D eigenvalue weighted by Gasteiger charge is 2.11. The largest absolute Gasteiger partial charge is 0.481 e. The zero-order valence-corrected chi connectivity index (χ0v) is 14.7. The van der Waals surface area contributed by atoms with Crippen molar-refractivity contribution in [1.82, 2.24) is 4.98 Å². The van der Waals surface area contributed by atoms with Crippen LogP contribution in [0.5, 0.6) is 0 Å². The molecule has 0 bridgehead atoms. The van der Waals surface area contributed by atoms with Gasteiger partial charge in [-0.25, -0.2) is 4.98 Å². The molecule has 2 aromatic rings. The lowest BCUT2D eigenvalue weighted by Gasteiger charge is -2.08. The summed E-state index contributed by atoms with van der Waals surface area (Å²) in [5.41, 5.74) is 2.72. The topological polar surface area (TPSA) is 79.3 Å². The number of rotatable bonds is 8. The maximum Gasteiger partial charge on any atom is 0.306 e. The number of benzene rings is 1. The molecule has 24 heavy (non-hydrogen) atoms. The molecule has 0 spiro atoms. The van der Waals surface area contributed by atoms with Gasteiger partial charge in [-0.3, -0.25) is 9.59 Å². The number of carboxylic acids is 1. The normalized spacial score (nSPS) is 11.9. The molecule has 0 saturated heterocycles. The molecule has 1 atom stereocenters. The fourth-order valence-corrected chi connectivity index (χ4v) is 2.99. The van der Waals surface area contributed by atoms with Crippen LogP contribution in [-0.2, 0) is 22.4 Å². The third-order valence-corrected chi connectivity index (χ3v) is 4.53. The second-order valence-corrected chi connectivity index (χ2v) is 6.96. The number of amides is 1. The van der Waals surface area contributed by atoms with E-state index in [1.807, 2.05) is 36.6 Å². The molecule has 1 heterocycles. The summed E-state index contributed by atoms with van der Waals surface area (Å²) in [5.74, 6) is -1.24. The Labute approximate surface area is 145 Å². The summed E-state index contributed by atoms with van der Waals surface area (Å²) in [6, 6.07) is 7.33. The van der Waals surface area contributed by atoms with E-state index in [4.69, 9.17) is 5.11 Å². The summed E-state index contributed by atoms with van der Waals surface area (Å²) in [6.45, 7) is 3.66. The van der Waals surface area contributed by atoms with Crippen LogP contribution in [-0.4, -0.2) is 22.0 Å². The van der Waals surface area contributed by atoms with E-state index in [1.54, 1.807) is 18.3 Å². The third-order valence-electron chi connectivity index (χ3n) is 3.70. The molecule has 0 fully saturated rings. The highest BCUT2D eigenvalue weighted by Crippen LogP contribution is 2.15. The first-order valence-corrected chi connectivity index (χ1v) is 8.84. The van der Waals surface area contributed by atoms with Gasteiger partial charge in [0.1, 0.15) is 0 Å². The highest BCUT2D eigenvalue weighted by atomic mass is 32.1. The van der Waals surface area contributed by atoms with Gasteiger partial charge in [-0.15, -0.1) is 11.3 Å². The number of thiazole rings is 1. The summed E-state index contributed by atoms with van der Waals surface area (Å²) >= 11 is 1.62. The number of nitrogens with one attached hydrogen (secondary N) is 1. The van der Waals surface area contributed by atoms with Crippen molar-refractivity contribution in [2.45, 2.75) is 39.5 Å². The van der Waals surface area contributed by atoms with E-state index in [-0.39, 0.29) is 5.91 Å². The van der Waals surface area contributed by atoms with Gasteiger partial charge >= 0.3 is 5.97 Å². The Morgan fingerprint density at radius 3 is 2.58 bits per heavy atom. The lowest BCUT2D eigenvalue weighted by molar-refractivity contribution is -0.141. The molecule has 1 aromatic heterocycles. The maximum absolute atomic E-state index is 12.0. The minimum Gasteiger partial charge on any atom is -0.481 e. The summed E-state index contributed by atoms with van der Waals surface area (Å²) in [7, 11) is 0. The number of aromatic nitrogens is 1. The number of hydrogen-bond donors (Lipinski definition) is 2. The Bertz CT molecular complexity index is 695. The van der Waals surface area contributed by atoms with Gasteiger partial charge < -0.3 is 10.4 Å². The van der Waals surface area contributed by atoms with E-state index in [1.165, 1.54) is 0 Å². The molecule has 0 radical (unpaired) electrons. The van der Waals surface area contributed by atoms with E-state index in [2.05, 4.69) is 10.3 Å². The van der Waals surface area contributed by atoms with Crippen LogP contribution in [0.4, 0.5) is 5.69 Å². The fraction of sp³-hybridized carbons (Fsp3) is 0.389. The molecule has 2 N–H and O–H groups in total. The third kappa shape index (κ3) is 5.77. The van der Waals surface area contributed by atoms with Crippen LogP contribution in [0.2, 0.25) is 0 Å². The van der Waals surface area contributed by atoms with E-state index in [0.717, 1.165) is 34.8 Å². The van der Waals surface area contributed by atoms with Crippen molar-refractivity contribution in [2.75, 3.05) is 5.32 Å². The average molecular weight is 346 g/mol. The molecule has 5 nitrogen and oxygen atoms in total. The summed E-state index contributed by atoms with van der Waals surface area (Å²) in [4.78, 5) is 27.2. The Morgan fingerprint density at radius 2 is 2.00 bits per heavy atom. The van der Waals surface area contributed by atoms with Gasteiger partial charge in [0.25, 0.3) is 0 Å². The van der Waals surface area contributed by atoms with E-state index < -0.39 is 11.9 Å². The Morgan fingerprint density at radius 1 is 1.29 bits per heavy atom. The molecule has 128 valence electrons. The first-order chi connectivity index (χ1) is 11.4. The first-order valence-electron chi connectivity index (χ1n) is 7.96. The van der Waals surface area contributed by atoms with Gasteiger partial charge in [0.15, 0.2) is 0 Å². The minimum absolute atomic E-state index is 0.0198. The van der Waals surface area contributed by atoms with Gasteiger partial charge in [0.2, 0.25) is 5.91 Å². The lowest BCUT2D eigenvalue weighted by Crippen LogP contribution is -2.13. The number of carbonyl (C=O) groups is 2. The van der Waals surface area contributed by atoms with E-state index in [9.17, 15) is 9.59 Å². The summed E-state index contributed by atoms with van der Waals surface area (Å²) in [6.07, 6.45) is 2.51. The molecule has 0 aliphatic heterocycles. The van der Waals surface area contributed by atoms with Crippen molar-refractivity contribution in [3.8, 4) is 0 Å². The zero-order valence-electron chi connectivity index (χ0n) is 13.9. The predicted molar refractivity (Wildman–Crippen MR) is 95.4 cm³/mol. The average Bonchev–Trinajstić information content (AvgIpc) is 2.94. The number of nitrogens with zero attached hydrogens (tertiary/aromatic N) is 1. The molecule has 2 rings (SSSR count). The van der Waals surface area contributed by atoms with Gasteiger partial charge in [-0.05, 0) is 43.9 Å². The van der Waals surface area contributed by atoms with Crippen molar-refractivity contribution in [2.24, 2.45) is 5.92 Å². The van der Waals surface area contributed by atoms with Crippen molar-refractivity contribution < 1.29 is 14.7 Å². The second-order valence-electron chi connectivity index (χ2n) is 5.90. The van der Waals surface area contributed by atoms with Crippen molar-refractivity contribution in [3.63, 3.8) is 0 Å². The van der Waals surface area contributed by atoms with Gasteiger partial charge in [-0.2, -0.15) is 0 Å². The smallest absolute Gasteiger partial charge is 0.306 e. The molecule has 0 aliphatic rings.